The Labute approximate surface area is 261 Å². The zero-order valence-electron chi connectivity index (χ0n) is 26.3. The number of piperazine rings is 1. The summed E-state index contributed by atoms with van der Waals surface area (Å²) in [6, 6.07) is 14.6. The SMILES string of the molecule is CCCCN1C(=O)[C@@H](CC2(O)CCCCC2)NC(=O)C12CCN(Cc1ccc(C(=O)NCc3ccc(OC)cc3)cc1)CC2. The van der Waals surface area contributed by atoms with Crippen LogP contribution in [0.1, 0.15) is 92.6 Å². The molecule has 1 atom stereocenters. The molecule has 44 heavy (non-hydrogen) atoms. The van der Waals surface area contributed by atoms with Crippen molar-refractivity contribution in [1.82, 2.24) is 20.4 Å². The van der Waals surface area contributed by atoms with Crippen LogP contribution in [-0.2, 0) is 22.7 Å². The molecule has 238 valence electrons. The molecule has 2 aliphatic heterocycles. The lowest BCUT2D eigenvalue weighted by Gasteiger charge is -2.52. The van der Waals surface area contributed by atoms with Crippen LogP contribution in [0.4, 0.5) is 0 Å². The fourth-order valence-corrected chi connectivity index (χ4v) is 7.07. The van der Waals surface area contributed by atoms with E-state index in [4.69, 9.17) is 4.74 Å². The molecule has 1 aliphatic carbocycles. The molecular formula is C35H48N4O5. The van der Waals surface area contributed by atoms with Gasteiger partial charge in [-0.05, 0) is 67.5 Å². The first-order valence-corrected chi connectivity index (χ1v) is 16.3. The summed E-state index contributed by atoms with van der Waals surface area (Å²) < 4.78 is 5.19. The molecule has 2 aromatic rings. The largest absolute Gasteiger partial charge is 0.497 e. The maximum Gasteiger partial charge on any atom is 0.251 e. The van der Waals surface area contributed by atoms with Gasteiger partial charge in [0.25, 0.3) is 5.91 Å². The normalized spacial score (nSPS) is 21.6. The number of rotatable bonds is 11. The summed E-state index contributed by atoms with van der Waals surface area (Å²) >= 11 is 0. The third-order valence-electron chi connectivity index (χ3n) is 9.83. The minimum Gasteiger partial charge on any atom is -0.497 e. The first-order chi connectivity index (χ1) is 21.2. The maximum absolute atomic E-state index is 13.8. The lowest BCUT2D eigenvalue weighted by molar-refractivity contribution is -0.163. The molecule has 0 aromatic heterocycles. The number of nitrogens with one attached hydrogen (secondary N) is 2. The summed E-state index contributed by atoms with van der Waals surface area (Å²) in [6.07, 6.45) is 7.68. The summed E-state index contributed by atoms with van der Waals surface area (Å²) in [7, 11) is 1.63. The fourth-order valence-electron chi connectivity index (χ4n) is 7.07. The van der Waals surface area contributed by atoms with Crippen LogP contribution in [0.5, 0.6) is 5.75 Å². The van der Waals surface area contributed by atoms with Crippen LogP contribution < -0.4 is 15.4 Å². The molecule has 3 amide bonds. The molecule has 3 N–H and O–H groups in total. The highest BCUT2D eigenvalue weighted by Gasteiger charge is 2.54. The molecular weight excluding hydrogens is 556 g/mol. The van der Waals surface area contributed by atoms with Gasteiger partial charge in [0.15, 0.2) is 0 Å². The average molecular weight is 605 g/mol. The van der Waals surface area contributed by atoms with Gasteiger partial charge in [-0.15, -0.1) is 0 Å². The van der Waals surface area contributed by atoms with E-state index in [2.05, 4.69) is 22.5 Å². The summed E-state index contributed by atoms with van der Waals surface area (Å²) in [6.45, 7) is 5.21. The Kier molecular flexibility index (Phi) is 10.3. The number of piperidine rings is 1. The molecule has 2 saturated heterocycles. The van der Waals surface area contributed by atoms with Crippen molar-refractivity contribution >= 4 is 17.7 Å². The van der Waals surface area contributed by atoms with E-state index < -0.39 is 17.2 Å². The van der Waals surface area contributed by atoms with Crippen molar-refractivity contribution in [3.8, 4) is 5.75 Å². The Morgan fingerprint density at radius 3 is 2.27 bits per heavy atom. The van der Waals surface area contributed by atoms with Crippen LogP contribution in [0.2, 0.25) is 0 Å². The number of aliphatic hydroxyl groups is 1. The zero-order valence-corrected chi connectivity index (χ0v) is 26.3. The Bertz CT molecular complexity index is 1280. The highest BCUT2D eigenvalue weighted by molar-refractivity contribution is 6.00. The summed E-state index contributed by atoms with van der Waals surface area (Å²) in [5, 5.41) is 17.2. The van der Waals surface area contributed by atoms with Crippen molar-refractivity contribution in [2.75, 3.05) is 26.7 Å². The van der Waals surface area contributed by atoms with Gasteiger partial charge in [0.2, 0.25) is 11.8 Å². The van der Waals surface area contributed by atoms with Crippen LogP contribution in [0, 0.1) is 0 Å². The van der Waals surface area contributed by atoms with E-state index in [9.17, 15) is 19.5 Å². The van der Waals surface area contributed by atoms with Gasteiger partial charge in [-0.25, -0.2) is 0 Å². The number of ether oxygens (including phenoxy) is 1. The lowest BCUT2D eigenvalue weighted by atomic mass is 9.77. The van der Waals surface area contributed by atoms with E-state index in [-0.39, 0.29) is 17.7 Å². The topological polar surface area (TPSA) is 111 Å². The van der Waals surface area contributed by atoms with Crippen molar-refractivity contribution in [2.24, 2.45) is 0 Å². The molecule has 5 rings (SSSR count). The van der Waals surface area contributed by atoms with Crippen molar-refractivity contribution in [1.29, 1.82) is 0 Å². The average Bonchev–Trinajstić information content (AvgIpc) is 3.04. The van der Waals surface area contributed by atoms with Gasteiger partial charge in [-0.3, -0.25) is 19.3 Å². The van der Waals surface area contributed by atoms with Gasteiger partial charge in [0, 0.05) is 44.7 Å². The van der Waals surface area contributed by atoms with E-state index in [1.54, 1.807) is 7.11 Å². The molecule has 0 bridgehead atoms. The van der Waals surface area contributed by atoms with E-state index in [0.717, 1.165) is 49.0 Å². The summed E-state index contributed by atoms with van der Waals surface area (Å²) in [5.74, 6) is 0.554. The molecule has 9 heteroatoms. The summed E-state index contributed by atoms with van der Waals surface area (Å²) in [5.41, 5.74) is 0.998. The first kappa shape index (κ1) is 32.0. The van der Waals surface area contributed by atoms with Crippen molar-refractivity contribution in [3.05, 3.63) is 65.2 Å². The number of benzene rings is 2. The quantitative estimate of drug-likeness (QED) is 0.355. The molecule has 3 fully saturated rings. The van der Waals surface area contributed by atoms with Gasteiger partial charge in [-0.1, -0.05) is 56.9 Å². The Morgan fingerprint density at radius 2 is 1.64 bits per heavy atom. The maximum atomic E-state index is 13.8. The minimum absolute atomic E-state index is 0.0358. The van der Waals surface area contributed by atoms with Crippen LogP contribution >= 0.6 is 0 Å². The molecule has 1 saturated carbocycles. The van der Waals surface area contributed by atoms with Gasteiger partial charge in [0.1, 0.15) is 17.3 Å². The monoisotopic (exact) mass is 604 g/mol. The number of carbonyl (C=O) groups is 3. The van der Waals surface area contributed by atoms with Crippen LogP contribution in [-0.4, -0.2) is 76.6 Å². The second-order valence-electron chi connectivity index (χ2n) is 12.9. The Hall–Kier alpha value is -3.43. The lowest BCUT2D eigenvalue weighted by Crippen LogP contribution is -2.73. The number of hydrogen-bond donors (Lipinski definition) is 3. The highest BCUT2D eigenvalue weighted by atomic mass is 16.5. The van der Waals surface area contributed by atoms with Gasteiger partial charge in [-0.2, -0.15) is 0 Å². The highest BCUT2D eigenvalue weighted by Crippen LogP contribution is 2.37. The van der Waals surface area contributed by atoms with Crippen LogP contribution in [0.3, 0.4) is 0 Å². The molecule has 0 radical (unpaired) electrons. The molecule has 3 aliphatic rings. The number of amides is 3. The number of methoxy groups -OCH3 is 1. The van der Waals surface area contributed by atoms with Crippen molar-refractivity contribution in [3.63, 3.8) is 0 Å². The van der Waals surface area contributed by atoms with E-state index in [0.29, 0.717) is 70.4 Å². The van der Waals surface area contributed by atoms with Gasteiger partial charge in [0.05, 0.1) is 12.7 Å². The molecule has 0 unspecified atom stereocenters. The minimum atomic E-state index is -0.872. The molecule has 2 heterocycles. The molecule has 2 aromatic carbocycles. The number of hydrogen-bond acceptors (Lipinski definition) is 6. The number of carbonyl (C=O) groups excluding carboxylic acids is 3. The standard InChI is InChI=1S/C35H48N4O5/c1-3-4-20-39-32(41)30(23-34(43)16-6-5-7-17-34)37-33(42)35(39)18-21-38(22-19-35)25-27-8-12-28(13-9-27)31(40)36-24-26-10-14-29(44-2)15-11-26/h8-15,30,43H,3-7,16-25H2,1-2H3,(H,36,40)(H,37,42)/t30-/m1/s1. The number of nitrogens with zero attached hydrogens (tertiary/aromatic N) is 2. The number of unbranched alkanes of at least 4 members (excludes halogenated alkanes) is 1. The van der Waals surface area contributed by atoms with E-state index in [1.807, 2.05) is 53.4 Å². The van der Waals surface area contributed by atoms with Crippen LogP contribution in [0.25, 0.3) is 0 Å². The van der Waals surface area contributed by atoms with E-state index in [1.165, 1.54) is 0 Å². The third-order valence-corrected chi connectivity index (χ3v) is 9.83. The second-order valence-corrected chi connectivity index (χ2v) is 12.9. The summed E-state index contributed by atoms with van der Waals surface area (Å²) in [4.78, 5) is 44.4. The number of likely N-dealkylation sites (tertiary alicyclic amines) is 1. The Balaban J connectivity index is 1.16. The predicted octanol–water partition coefficient (Wildman–Crippen LogP) is 4.17. The van der Waals surface area contributed by atoms with Gasteiger partial charge < -0.3 is 25.4 Å². The van der Waals surface area contributed by atoms with Crippen molar-refractivity contribution < 1.29 is 24.2 Å². The van der Waals surface area contributed by atoms with E-state index >= 15 is 0 Å². The fraction of sp³-hybridized carbons (Fsp3) is 0.571. The van der Waals surface area contributed by atoms with Crippen molar-refractivity contribution in [2.45, 2.75) is 101 Å². The Morgan fingerprint density at radius 1 is 0.977 bits per heavy atom. The van der Waals surface area contributed by atoms with Crippen LogP contribution in [0.15, 0.2) is 48.5 Å². The smallest absolute Gasteiger partial charge is 0.251 e. The zero-order chi connectivity index (χ0) is 31.2. The molecule has 9 nitrogen and oxygen atoms in total. The predicted molar refractivity (Wildman–Crippen MR) is 169 cm³/mol. The second kappa shape index (κ2) is 14.1. The molecule has 1 spiro atoms. The van der Waals surface area contributed by atoms with Gasteiger partial charge >= 0.3 is 0 Å². The third kappa shape index (κ3) is 7.26. The first-order valence-electron chi connectivity index (χ1n) is 16.3.